The molecule has 2 aromatic rings. The van der Waals surface area contributed by atoms with Gasteiger partial charge in [-0.05, 0) is 81.1 Å². The second-order valence-corrected chi connectivity index (χ2v) is 16.6. The molecule has 0 atom stereocenters. The summed E-state index contributed by atoms with van der Waals surface area (Å²) in [5.41, 5.74) is -0.306. The highest BCUT2D eigenvalue weighted by Crippen LogP contribution is 2.40. The number of ether oxygens (including phenoxy) is 4. The minimum absolute atomic E-state index is 0.0764. The van der Waals surface area contributed by atoms with E-state index in [1.807, 2.05) is 0 Å². The molecule has 15 heteroatoms. The third kappa shape index (κ3) is 12.3. The van der Waals surface area contributed by atoms with Crippen molar-refractivity contribution >= 4 is 11.9 Å². The number of likely N-dealkylation sites (tertiary alicyclic amines) is 2. The van der Waals surface area contributed by atoms with Crippen LogP contribution in [0.5, 0.6) is 24.0 Å². The zero-order chi connectivity index (χ0) is 40.3. The van der Waals surface area contributed by atoms with Gasteiger partial charge in [0, 0.05) is 60.4 Å². The summed E-state index contributed by atoms with van der Waals surface area (Å²) in [4.78, 5) is 31.8. The minimum Gasteiger partial charge on any atom is -0.459 e. The molecule has 15 nitrogen and oxygen atoms in total. The summed E-state index contributed by atoms with van der Waals surface area (Å²) < 4.78 is 22.5. The highest BCUT2D eigenvalue weighted by Gasteiger charge is 2.46. The first kappa shape index (κ1) is 43.4. The predicted molar refractivity (Wildman–Crippen MR) is 218 cm³/mol. The molecule has 0 unspecified atom stereocenters. The molecule has 0 spiro atoms. The molecule has 4 heterocycles. The van der Waals surface area contributed by atoms with E-state index in [0.29, 0.717) is 11.9 Å². The molecule has 0 bridgehead atoms. The Balaban J connectivity index is 1.31. The van der Waals surface area contributed by atoms with E-state index in [1.54, 1.807) is 24.3 Å². The lowest BCUT2D eigenvalue weighted by atomic mass is 9.77. The van der Waals surface area contributed by atoms with Crippen LogP contribution < -0.4 is 34.9 Å². The van der Waals surface area contributed by atoms with E-state index in [2.05, 4.69) is 137 Å². The molecule has 2 saturated heterocycles. The van der Waals surface area contributed by atoms with Crippen LogP contribution in [0.2, 0.25) is 0 Å². The Morgan fingerprint density at radius 2 is 0.782 bits per heavy atom. The fraction of sp³-hybridized carbons (Fsp3) is 0.650. The molecule has 0 radical (unpaired) electrons. The standard InChI is InChI=1S/C40H65N11O4/c1-13-21-52-33-44-31(45-34(48-33)53-22-14-2)42-29-25-37(5,6)50(38(7,8)26-29)19-17-41-18-20-51-39(9,10)27-30(28-40(51,11)12)43-32-46-35(54-23-15-3)49-36(47-32)55-24-16-4/h13-16,29-30,41H,1-4,17-28H2,5-12H3,(H,42,44,45,48)(H,43,46,47,49). The number of nitrogens with one attached hydrogen (secondary N) is 3. The first-order valence-corrected chi connectivity index (χ1v) is 19.3. The maximum absolute atomic E-state index is 5.62. The summed E-state index contributed by atoms with van der Waals surface area (Å²) in [6.07, 6.45) is 10.2. The first-order valence-electron chi connectivity index (χ1n) is 19.3. The Hall–Kier alpha value is -4.34. The van der Waals surface area contributed by atoms with E-state index < -0.39 is 0 Å². The quantitative estimate of drug-likeness (QED) is 0.102. The topological polar surface area (TPSA) is 157 Å². The summed E-state index contributed by atoms with van der Waals surface area (Å²) in [6.45, 7) is 38.2. The summed E-state index contributed by atoms with van der Waals surface area (Å²) in [5.74, 6) is 0.865. The third-order valence-electron chi connectivity index (χ3n) is 10.1. The van der Waals surface area contributed by atoms with Gasteiger partial charge in [-0.3, -0.25) is 9.80 Å². The van der Waals surface area contributed by atoms with Crippen LogP contribution in [0.4, 0.5) is 11.9 Å². The fourth-order valence-electron chi connectivity index (χ4n) is 8.52. The lowest BCUT2D eigenvalue weighted by Crippen LogP contribution is -2.64. The van der Waals surface area contributed by atoms with E-state index in [0.717, 1.165) is 51.9 Å². The molecule has 0 amide bonds. The van der Waals surface area contributed by atoms with Crippen LogP contribution in [-0.4, -0.2) is 127 Å². The number of nitrogens with zero attached hydrogens (tertiary/aromatic N) is 8. The van der Waals surface area contributed by atoms with Gasteiger partial charge in [-0.1, -0.05) is 50.6 Å². The largest absolute Gasteiger partial charge is 0.459 e. The molecular formula is C40H65N11O4. The molecule has 2 aromatic heterocycles. The van der Waals surface area contributed by atoms with Crippen molar-refractivity contribution in [2.75, 3.05) is 63.2 Å². The Morgan fingerprint density at radius 1 is 0.509 bits per heavy atom. The van der Waals surface area contributed by atoms with Crippen molar-refractivity contribution in [1.82, 2.24) is 45.0 Å². The van der Waals surface area contributed by atoms with E-state index in [4.69, 9.17) is 18.9 Å². The fourth-order valence-corrected chi connectivity index (χ4v) is 8.52. The maximum atomic E-state index is 5.62. The molecular weight excluding hydrogens is 699 g/mol. The Bertz CT molecular complexity index is 1390. The molecule has 55 heavy (non-hydrogen) atoms. The zero-order valence-electron chi connectivity index (χ0n) is 34.5. The Labute approximate surface area is 328 Å². The molecule has 3 N–H and O–H groups in total. The van der Waals surface area contributed by atoms with Crippen LogP contribution in [0.25, 0.3) is 0 Å². The minimum atomic E-state index is -0.0764. The van der Waals surface area contributed by atoms with Gasteiger partial charge in [0.2, 0.25) is 11.9 Å². The maximum Gasteiger partial charge on any atom is 0.324 e. The average molecular weight is 764 g/mol. The van der Waals surface area contributed by atoms with Gasteiger partial charge in [-0.15, -0.1) is 9.97 Å². The number of aromatic nitrogens is 6. The molecule has 2 aliphatic heterocycles. The summed E-state index contributed by atoms with van der Waals surface area (Å²) in [7, 11) is 0. The van der Waals surface area contributed by atoms with Gasteiger partial charge in [-0.2, -0.15) is 19.9 Å². The van der Waals surface area contributed by atoms with Crippen LogP contribution in [0, 0.1) is 0 Å². The lowest BCUT2D eigenvalue weighted by molar-refractivity contribution is -0.0350. The number of anilines is 2. The van der Waals surface area contributed by atoms with Crippen LogP contribution >= 0.6 is 0 Å². The van der Waals surface area contributed by atoms with Gasteiger partial charge in [0.25, 0.3) is 0 Å². The van der Waals surface area contributed by atoms with Gasteiger partial charge in [0.1, 0.15) is 26.4 Å². The van der Waals surface area contributed by atoms with Crippen molar-refractivity contribution in [3.05, 3.63) is 50.6 Å². The van der Waals surface area contributed by atoms with E-state index in [1.165, 1.54) is 0 Å². The third-order valence-corrected chi connectivity index (χ3v) is 10.1. The second-order valence-electron chi connectivity index (χ2n) is 16.6. The van der Waals surface area contributed by atoms with Crippen LogP contribution in [0.1, 0.15) is 81.1 Å². The smallest absolute Gasteiger partial charge is 0.324 e. The number of hydrogen-bond donors (Lipinski definition) is 3. The van der Waals surface area contributed by atoms with Crippen molar-refractivity contribution < 1.29 is 18.9 Å². The first-order chi connectivity index (χ1) is 26.0. The van der Waals surface area contributed by atoms with Gasteiger partial charge < -0.3 is 34.9 Å². The van der Waals surface area contributed by atoms with Crippen LogP contribution in [-0.2, 0) is 0 Å². The van der Waals surface area contributed by atoms with Gasteiger partial charge in [0.15, 0.2) is 0 Å². The lowest BCUT2D eigenvalue weighted by Gasteiger charge is -2.56. The Kier molecular flexibility index (Phi) is 15.0. The summed E-state index contributed by atoms with van der Waals surface area (Å²) >= 11 is 0. The molecule has 2 fully saturated rings. The normalized spacial score (nSPS) is 19.5. The molecule has 0 aliphatic carbocycles. The SMILES string of the molecule is C=CCOc1nc(NC2CC(C)(C)N(CCNCCN3C(C)(C)CC(Nc4nc(OCC=C)nc(OCC=C)n4)CC3(C)C)C(C)(C)C2)nc(OCC=C)n1. The van der Waals surface area contributed by atoms with Crippen molar-refractivity contribution in [3.63, 3.8) is 0 Å². The van der Waals surface area contributed by atoms with E-state index >= 15 is 0 Å². The van der Waals surface area contributed by atoms with E-state index in [-0.39, 0.29) is 84.7 Å². The van der Waals surface area contributed by atoms with Gasteiger partial charge in [0.05, 0.1) is 0 Å². The second kappa shape index (κ2) is 19.0. The average Bonchev–Trinajstić information content (AvgIpc) is 3.08. The van der Waals surface area contributed by atoms with Crippen molar-refractivity contribution in [3.8, 4) is 24.0 Å². The Morgan fingerprint density at radius 3 is 1.04 bits per heavy atom. The van der Waals surface area contributed by atoms with Gasteiger partial charge >= 0.3 is 24.0 Å². The van der Waals surface area contributed by atoms with Crippen molar-refractivity contribution in [2.45, 2.75) is 115 Å². The molecule has 2 aliphatic rings. The number of piperidine rings is 2. The van der Waals surface area contributed by atoms with Crippen LogP contribution in [0.15, 0.2) is 50.6 Å². The number of rotatable bonds is 22. The highest BCUT2D eigenvalue weighted by molar-refractivity contribution is 5.32. The monoisotopic (exact) mass is 764 g/mol. The van der Waals surface area contributed by atoms with Crippen molar-refractivity contribution in [2.24, 2.45) is 0 Å². The zero-order valence-corrected chi connectivity index (χ0v) is 34.5. The molecule has 4 rings (SSSR count). The molecule has 304 valence electrons. The predicted octanol–water partition coefficient (Wildman–Crippen LogP) is 5.47. The molecule has 0 aromatic carbocycles. The summed E-state index contributed by atoms with van der Waals surface area (Å²) in [6, 6.07) is 1.06. The molecule has 0 saturated carbocycles. The van der Waals surface area contributed by atoms with Gasteiger partial charge in [-0.25, -0.2) is 0 Å². The van der Waals surface area contributed by atoms with Crippen molar-refractivity contribution in [1.29, 1.82) is 0 Å². The highest BCUT2D eigenvalue weighted by atomic mass is 16.5. The van der Waals surface area contributed by atoms with E-state index in [9.17, 15) is 0 Å². The number of hydrogen-bond acceptors (Lipinski definition) is 15. The summed E-state index contributed by atoms with van der Waals surface area (Å²) in [5, 5.41) is 10.9. The van der Waals surface area contributed by atoms with Crippen LogP contribution in [0.3, 0.4) is 0 Å².